The zero-order chi connectivity index (χ0) is 22.8. The van der Waals surface area contributed by atoms with Gasteiger partial charge in [-0.2, -0.15) is 0 Å². The Labute approximate surface area is 180 Å². The molecule has 0 aliphatic carbocycles. The molecule has 1 amide bonds. The third-order valence-corrected chi connectivity index (χ3v) is 5.89. The molecule has 3 rings (SSSR count). The first kappa shape index (κ1) is 22.5. The number of carbonyl (C=O) groups is 1. The highest BCUT2D eigenvalue weighted by Gasteiger charge is 2.17. The molecule has 1 atom stereocenters. The smallest absolute Gasteiger partial charge is 0.336 e. The van der Waals surface area contributed by atoms with Crippen molar-refractivity contribution in [2.24, 2.45) is 5.14 Å². The molecule has 164 valence electrons. The Bertz CT molecular complexity index is 1280. The second-order valence-corrected chi connectivity index (χ2v) is 8.87. The van der Waals surface area contributed by atoms with Gasteiger partial charge in [-0.1, -0.05) is 12.1 Å². The van der Waals surface area contributed by atoms with Crippen molar-refractivity contribution in [1.29, 1.82) is 0 Å². The Kier molecular flexibility index (Phi) is 6.47. The zero-order valence-electron chi connectivity index (χ0n) is 17.5. The van der Waals surface area contributed by atoms with Crippen LogP contribution < -0.4 is 20.8 Å². The number of amides is 1. The third kappa shape index (κ3) is 5.31. The molecule has 9 heteroatoms. The van der Waals surface area contributed by atoms with Crippen LogP contribution in [0.4, 0.5) is 0 Å². The van der Waals surface area contributed by atoms with E-state index in [-0.39, 0.29) is 10.8 Å². The predicted octanol–water partition coefficient (Wildman–Crippen LogP) is 2.18. The standard InChI is InChI=1S/C22H24N2O6S/c1-13-12-20(25)30-21-14(2)19(9-8-18(13)21)29-15(3)22(26)24-11-10-16-4-6-17(7-5-16)31(23,27)28/h4-9,12,15H,10-11H2,1-3H3,(H,24,26)(H2,23,27,28)/t15-/m1/s1. The molecule has 1 heterocycles. The number of nitrogens with one attached hydrogen (secondary N) is 1. The Morgan fingerprint density at radius 2 is 1.84 bits per heavy atom. The van der Waals surface area contributed by atoms with Crippen molar-refractivity contribution in [2.75, 3.05) is 6.54 Å². The number of nitrogens with two attached hydrogens (primary N) is 1. The van der Waals surface area contributed by atoms with Crippen LogP contribution >= 0.6 is 0 Å². The maximum Gasteiger partial charge on any atom is 0.336 e. The van der Waals surface area contributed by atoms with Gasteiger partial charge >= 0.3 is 5.63 Å². The molecule has 0 spiro atoms. The maximum atomic E-state index is 12.4. The summed E-state index contributed by atoms with van der Waals surface area (Å²) < 4.78 is 33.7. The minimum absolute atomic E-state index is 0.0408. The van der Waals surface area contributed by atoms with Crippen LogP contribution in [-0.4, -0.2) is 27.0 Å². The molecule has 8 nitrogen and oxygen atoms in total. The van der Waals surface area contributed by atoms with E-state index >= 15 is 0 Å². The summed E-state index contributed by atoms with van der Waals surface area (Å²) in [4.78, 5) is 24.1. The van der Waals surface area contributed by atoms with E-state index in [1.54, 1.807) is 38.1 Å². The van der Waals surface area contributed by atoms with Crippen molar-refractivity contribution in [3.05, 3.63) is 69.6 Å². The zero-order valence-corrected chi connectivity index (χ0v) is 18.3. The van der Waals surface area contributed by atoms with Crippen LogP contribution in [-0.2, 0) is 21.2 Å². The van der Waals surface area contributed by atoms with E-state index in [1.165, 1.54) is 18.2 Å². The summed E-state index contributed by atoms with van der Waals surface area (Å²) in [7, 11) is -3.73. The van der Waals surface area contributed by atoms with Gasteiger partial charge in [-0.25, -0.2) is 18.4 Å². The number of hydrogen-bond donors (Lipinski definition) is 2. The highest BCUT2D eigenvalue weighted by Crippen LogP contribution is 2.28. The molecule has 1 aromatic heterocycles. The first-order valence-electron chi connectivity index (χ1n) is 9.66. The fraction of sp³-hybridized carbons (Fsp3) is 0.273. The van der Waals surface area contributed by atoms with Crippen molar-refractivity contribution >= 4 is 26.9 Å². The number of fused-ring (bicyclic) bond motifs is 1. The predicted molar refractivity (Wildman–Crippen MR) is 117 cm³/mol. The van der Waals surface area contributed by atoms with Crippen LogP contribution in [0.2, 0.25) is 0 Å². The second-order valence-electron chi connectivity index (χ2n) is 7.30. The normalized spacial score (nSPS) is 12.5. The Hall–Kier alpha value is -3.17. The molecular formula is C22H24N2O6S. The molecule has 0 radical (unpaired) electrons. The van der Waals surface area contributed by atoms with Gasteiger partial charge in [-0.3, -0.25) is 4.79 Å². The van der Waals surface area contributed by atoms with Gasteiger partial charge < -0.3 is 14.5 Å². The topological polar surface area (TPSA) is 129 Å². The lowest BCUT2D eigenvalue weighted by atomic mass is 10.1. The number of sulfonamides is 1. The summed E-state index contributed by atoms with van der Waals surface area (Å²) in [5.74, 6) is 0.161. The number of hydrogen-bond acceptors (Lipinski definition) is 6. The van der Waals surface area contributed by atoms with Crippen molar-refractivity contribution < 1.29 is 22.4 Å². The highest BCUT2D eigenvalue weighted by molar-refractivity contribution is 7.89. The lowest BCUT2D eigenvalue weighted by Crippen LogP contribution is -2.37. The molecule has 0 bridgehead atoms. The first-order chi connectivity index (χ1) is 14.6. The fourth-order valence-electron chi connectivity index (χ4n) is 3.19. The molecule has 0 unspecified atom stereocenters. The lowest BCUT2D eigenvalue weighted by Gasteiger charge is -2.17. The average Bonchev–Trinajstić information content (AvgIpc) is 2.70. The quantitative estimate of drug-likeness (QED) is 0.538. The van der Waals surface area contributed by atoms with Crippen LogP contribution in [0.25, 0.3) is 11.0 Å². The van der Waals surface area contributed by atoms with E-state index in [9.17, 15) is 18.0 Å². The number of rotatable bonds is 7. The van der Waals surface area contributed by atoms with Gasteiger partial charge in [-0.05, 0) is 62.6 Å². The van der Waals surface area contributed by atoms with E-state index in [0.29, 0.717) is 29.9 Å². The SMILES string of the molecule is Cc1cc(=O)oc2c(C)c(O[C@H](C)C(=O)NCCc3ccc(S(N)(=O)=O)cc3)ccc12. The largest absolute Gasteiger partial charge is 0.480 e. The number of primary sulfonamides is 1. The van der Waals surface area contributed by atoms with Gasteiger partial charge in [0.05, 0.1) is 4.90 Å². The monoisotopic (exact) mass is 444 g/mol. The van der Waals surface area contributed by atoms with Crippen molar-refractivity contribution in [2.45, 2.75) is 38.2 Å². The van der Waals surface area contributed by atoms with E-state index in [4.69, 9.17) is 14.3 Å². The van der Waals surface area contributed by atoms with Crippen LogP contribution in [0, 0.1) is 13.8 Å². The van der Waals surface area contributed by atoms with E-state index in [1.807, 2.05) is 6.92 Å². The van der Waals surface area contributed by atoms with Gasteiger partial charge in [-0.15, -0.1) is 0 Å². The Morgan fingerprint density at radius 1 is 1.16 bits per heavy atom. The van der Waals surface area contributed by atoms with Gasteiger partial charge in [0, 0.05) is 23.6 Å². The molecule has 0 saturated heterocycles. The summed E-state index contributed by atoms with van der Waals surface area (Å²) >= 11 is 0. The minimum atomic E-state index is -3.73. The van der Waals surface area contributed by atoms with Crippen LogP contribution in [0.1, 0.15) is 23.6 Å². The van der Waals surface area contributed by atoms with Gasteiger partial charge in [0.25, 0.3) is 5.91 Å². The van der Waals surface area contributed by atoms with Crippen molar-refractivity contribution in [1.82, 2.24) is 5.32 Å². The van der Waals surface area contributed by atoms with Crippen LogP contribution in [0.5, 0.6) is 5.75 Å². The molecule has 31 heavy (non-hydrogen) atoms. The van der Waals surface area contributed by atoms with E-state index in [0.717, 1.165) is 16.5 Å². The van der Waals surface area contributed by atoms with Crippen LogP contribution in [0.15, 0.2) is 56.6 Å². The molecule has 0 saturated carbocycles. The second kappa shape index (κ2) is 8.91. The minimum Gasteiger partial charge on any atom is -0.480 e. The summed E-state index contributed by atoms with van der Waals surface area (Å²) in [6.07, 6.45) is -0.250. The molecule has 3 aromatic rings. The summed E-state index contributed by atoms with van der Waals surface area (Å²) in [6, 6.07) is 11.1. The molecular weight excluding hydrogens is 420 g/mol. The number of carbonyl (C=O) groups excluding carboxylic acids is 1. The van der Waals surface area contributed by atoms with E-state index < -0.39 is 21.8 Å². The lowest BCUT2D eigenvalue weighted by molar-refractivity contribution is -0.127. The molecule has 0 aliphatic rings. The average molecular weight is 445 g/mol. The Balaban J connectivity index is 1.61. The summed E-state index contributed by atoms with van der Waals surface area (Å²) in [6.45, 7) is 5.59. The van der Waals surface area contributed by atoms with Gasteiger partial charge in [0.15, 0.2) is 6.10 Å². The number of aryl methyl sites for hydroxylation is 2. The molecule has 0 aliphatic heterocycles. The van der Waals surface area contributed by atoms with Gasteiger partial charge in [0.2, 0.25) is 10.0 Å². The number of ether oxygens (including phenoxy) is 1. The van der Waals surface area contributed by atoms with Crippen LogP contribution in [0.3, 0.4) is 0 Å². The highest BCUT2D eigenvalue weighted by atomic mass is 32.2. The van der Waals surface area contributed by atoms with E-state index in [2.05, 4.69) is 5.32 Å². The third-order valence-electron chi connectivity index (χ3n) is 4.96. The fourth-order valence-corrected chi connectivity index (χ4v) is 3.71. The van der Waals surface area contributed by atoms with Gasteiger partial charge in [0.1, 0.15) is 11.3 Å². The molecule has 3 N–H and O–H groups in total. The summed E-state index contributed by atoms with van der Waals surface area (Å²) in [5.41, 5.74) is 2.32. The number of benzene rings is 2. The first-order valence-corrected chi connectivity index (χ1v) is 11.2. The Morgan fingerprint density at radius 3 is 2.48 bits per heavy atom. The van der Waals surface area contributed by atoms with Crippen molar-refractivity contribution in [3.8, 4) is 5.75 Å². The van der Waals surface area contributed by atoms with Crippen molar-refractivity contribution in [3.63, 3.8) is 0 Å². The maximum absolute atomic E-state index is 12.4. The molecule has 2 aromatic carbocycles. The molecule has 0 fully saturated rings. The summed E-state index contributed by atoms with van der Waals surface area (Å²) in [5, 5.41) is 8.68.